The monoisotopic (exact) mass is 360 g/mol. The first-order chi connectivity index (χ1) is 11.2. The molecule has 5 nitrogen and oxygen atoms in total. The van der Waals surface area contributed by atoms with E-state index in [1.807, 2.05) is 32.0 Å². The summed E-state index contributed by atoms with van der Waals surface area (Å²) in [6.07, 6.45) is 1.16. The Kier molecular flexibility index (Phi) is 4.15. The lowest BCUT2D eigenvalue weighted by molar-refractivity contribution is 0.102. The van der Waals surface area contributed by atoms with E-state index in [1.165, 1.54) is 17.4 Å². The molecule has 0 aliphatic rings. The van der Waals surface area contributed by atoms with Crippen molar-refractivity contribution in [3.63, 3.8) is 0 Å². The molecule has 124 valence electrons. The zero-order valence-corrected chi connectivity index (χ0v) is 15.1. The molecule has 1 amide bonds. The summed E-state index contributed by atoms with van der Waals surface area (Å²) in [5, 5.41) is 3.22. The Hall–Kier alpha value is -2.25. The number of aryl methyl sites for hydroxylation is 2. The first kappa shape index (κ1) is 16.6. The van der Waals surface area contributed by atoms with Crippen LogP contribution in [0.4, 0.5) is 5.13 Å². The number of aromatic nitrogens is 1. The first-order valence-electron chi connectivity index (χ1n) is 7.23. The van der Waals surface area contributed by atoms with Crippen LogP contribution in [0.2, 0.25) is 0 Å². The Morgan fingerprint density at radius 2 is 1.75 bits per heavy atom. The van der Waals surface area contributed by atoms with Gasteiger partial charge in [-0.2, -0.15) is 0 Å². The van der Waals surface area contributed by atoms with Crippen LogP contribution in [0.5, 0.6) is 0 Å². The van der Waals surface area contributed by atoms with E-state index in [-0.39, 0.29) is 10.8 Å². The van der Waals surface area contributed by atoms with Gasteiger partial charge in [-0.15, -0.1) is 0 Å². The van der Waals surface area contributed by atoms with Crippen molar-refractivity contribution in [1.82, 2.24) is 4.98 Å². The summed E-state index contributed by atoms with van der Waals surface area (Å²) in [5.74, 6) is -0.232. The predicted molar refractivity (Wildman–Crippen MR) is 96.6 cm³/mol. The van der Waals surface area contributed by atoms with Crippen molar-refractivity contribution in [2.24, 2.45) is 0 Å². The number of nitrogens with one attached hydrogen (secondary N) is 1. The molecule has 0 atom stereocenters. The second kappa shape index (κ2) is 5.99. The Bertz CT molecular complexity index is 1030. The molecule has 1 aromatic heterocycles. The molecule has 1 N–H and O–H groups in total. The highest BCUT2D eigenvalue weighted by Crippen LogP contribution is 2.28. The van der Waals surface area contributed by atoms with Gasteiger partial charge in [0.2, 0.25) is 0 Å². The van der Waals surface area contributed by atoms with E-state index in [0.717, 1.165) is 17.4 Å². The van der Waals surface area contributed by atoms with E-state index >= 15 is 0 Å². The number of rotatable bonds is 3. The molecule has 3 aromatic rings. The van der Waals surface area contributed by atoms with Gasteiger partial charge in [0.25, 0.3) is 5.91 Å². The second-order valence-corrected chi connectivity index (χ2v) is 8.80. The normalized spacial score (nSPS) is 11.6. The van der Waals surface area contributed by atoms with Crippen LogP contribution in [0, 0.1) is 13.8 Å². The molecule has 7 heteroatoms. The zero-order valence-electron chi connectivity index (χ0n) is 13.5. The number of anilines is 1. The topological polar surface area (TPSA) is 76.1 Å². The summed E-state index contributed by atoms with van der Waals surface area (Å²) in [6.45, 7) is 3.88. The van der Waals surface area contributed by atoms with E-state index in [2.05, 4.69) is 10.3 Å². The highest BCUT2D eigenvalue weighted by atomic mass is 32.2. The number of amides is 1. The van der Waals surface area contributed by atoms with Gasteiger partial charge in [-0.1, -0.05) is 28.5 Å². The van der Waals surface area contributed by atoms with E-state index in [4.69, 9.17) is 0 Å². The van der Waals surface area contributed by atoms with Crippen LogP contribution in [0.25, 0.3) is 10.2 Å². The fourth-order valence-electron chi connectivity index (χ4n) is 2.46. The van der Waals surface area contributed by atoms with Gasteiger partial charge >= 0.3 is 0 Å². The molecular formula is C17H16N2O3S2. The van der Waals surface area contributed by atoms with Crippen molar-refractivity contribution in [1.29, 1.82) is 0 Å². The average molecular weight is 360 g/mol. The van der Waals surface area contributed by atoms with Gasteiger partial charge in [0, 0.05) is 11.8 Å². The lowest BCUT2D eigenvalue weighted by atomic mass is 10.1. The van der Waals surface area contributed by atoms with Crippen molar-refractivity contribution < 1.29 is 13.2 Å². The number of benzene rings is 2. The molecule has 2 aromatic carbocycles. The van der Waals surface area contributed by atoms with Crippen molar-refractivity contribution in [3.05, 3.63) is 53.1 Å². The van der Waals surface area contributed by atoms with Gasteiger partial charge < -0.3 is 0 Å². The smallest absolute Gasteiger partial charge is 0.257 e. The minimum Gasteiger partial charge on any atom is -0.298 e. The minimum atomic E-state index is -3.27. The quantitative estimate of drug-likeness (QED) is 0.775. The van der Waals surface area contributed by atoms with Crippen LogP contribution >= 0.6 is 11.3 Å². The van der Waals surface area contributed by atoms with Crippen LogP contribution < -0.4 is 5.32 Å². The average Bonchev–Trinajstić information content (AvgIpc) is 2.86. The molecule has 0 saturated carbocycles. The number of hydrogen-bond acceptors (Lipinski definition) is 5. The first-order valence-corrected chi connectivity index (χ1v) is 9.93. The Morgan fingerprint density at radius 3 is 2.38 bits per heavy atom. The molecule has 0 fully saturated rings. The van der Waals surface area contributed by atoms with E-state index in [0.29, 0.717) is 20.9 Å². The molecule has 3 rings (SSSR count). The predicted octanol–water partition coefficient (Wildman–Crippen LogP) is 3.57. The van der Waals surface area contributed by atoms with Crippen molar-refractivity contribution in [2.75, 3.05) is 11.6 Å². The standard InChI is InChI=1S/C17H16N2O3S2/c1-10-6-11(2)8-12(7-10)16(20)19-17-18-14-5-4-13(24(3,21)22)9-15(14)23-17/h4-9H,1-3H3,(H,18,19,20). The number of hydrogen-bond donors (Lipinski definition) is 1. The number of carbonyl (C=O) groups is 1. The van der Waals surface area contributed by atoms with E-state index < -0.39 is 9.84 Å². The maximum atomic E-state index is 12.4. The maximum Gasteiger partial charge on any atom is 0.257 e. The number of sulfone groups is 1. The van der Waals surface area contributed by atoms with Crippen LogP contribution in [0.3, 0.4) is 0 Å². The molecule has 1 heterocycles. The number of carbonyl (C=O) groups excluding carboxylic acids is 1. The van der Waals surface area contributed by atoms with Crippen LogP contribution in [0.1, 0.15) is 21.5 Å². The molecule has 0 radical (unpaired) electrons. The summed E-state index contributed by atoms with van der Waals surface area (Å²) in [7, 11) is -3.27. The molecule has 0 spiro atoms. The summed E-state index contributed by atoms with van der Waals surface area (Å²) in [5.41, 5.74) is 3.26. The van der Waals surface area contributed by atoms with E-state index in [1.54, 1.807) is 12.1 Å². The third-order valence-electron chi connectivity index (χ3n) is 3.49. The minimum absolute atomic E-state index is 0.232. The van der Waals surface area contributed by atoms with Crippen molar-refractivity contribution in [2.45, 2.75) is 18.7 Å². The summed E-state index contributed by atoms with van der Waals surface area (Å²) < 4.78 is 24.0. The third kappa shape index (κ3) is 3.47. The van der Waals surface area contributed by atoms with Gasteiger partial charge in [-0.25, -0.2) is 13.4 Å². The molecule has 0 aliphatic carbocycles. The van der Waals surface area contributed by atoms with Gasteiger partial charge in [0.1, 0.15) is 0 Å². The molecule has 24 heavy (non-hydrogen) atoms. The van der Waals surface area contributed by atoms with Gasteiger partial charge in [0.15, 0.2) is 15.0 Å². The lowest BCUT2D eigenvalue weighted by Crippen LogP contribution is -2.12. The Balaban J connectivity index is 1.91. The Labute approximate surface area is 144 Å². The molecule has 0 unspecified atom stereocenters. The number of fused-ring (bicyclic) bond motifs is 1. The number of nitrogens with zero attached hydrogens (tertiary/aromatic N) is 1. The van der Waals surface area contributed by atoms with Crippen LogP contribution in [-0.2, 0) is 9.84 Å². The SMILES string of the molecule is Cc1cc(C)cc(C(=O)Nc2nc3ccc(S(C)(=O)=O)cc3s2)c1. The fourth-order valence-corrected chi connectivity index (χ4v) is 4.09. The van der Waals surface area contributed by atoms with Crippen LogP contribution in [-0.4, -0.2) is 25.6 Å². The molecular weight excluding hydrogens is 344 g/mol. The van der Waals surface area contributed by atoms with E-state index in [9.17, 15) is 13.2 Å². The second-order valence-electron chi connectivity index (χ2n) is 5.75. The zero-order chi connectivity index (χ0) is 17.5. The molecule has 0 aliphatic heterocycles. The van der Waals surface area contributed by atoms with Gasteiger partial charge in [0.05, 0.1) is 15.1 Å². The Morgan fingerprint density at radius 1 is 1.08 bits per heavy atom. The lowest BCUT2D eigenvalue weighted by Gasteiger charge is -2.04. The van der Waals surface area contributed by atoms with Crippen LogP contribution in [0.15, 0.2) is 41.3 Å². The molecule has 0 bridgehead atoms. The highest BCUT2D eigenvalue weighted by molar-refractivity contribution is 7.90. The maximum absolute atomic E-state index is 12.4. The van der Waals surface area contributed by atoms with Crippen molar-refractivity contribution in [3.8, 4) is 0 Å². The van der Waals surface area contributed by atoms with Gasteiger partial charge in [-0.05, 0) is 44.2 Å². The van der Waals surface area contributed by atoms with Gasteiger partial charge in [-0.3, -0.25) is 10.1 Å². The largest absolute Gasteiger partial charge is 0.298 e. The summed E-state index contributed by atoms with van der Waals surface area (Å²) in [4.78, 5) is 17.0. The number of thiazole rings is 1. The highest BCUT2D eigenvalue weighted by Gasteiger charge is 2.13. The summed E-state index contributed by atoms with van der Waals surface area (Å²) >= 11 is 1.25. The third-order valence-corrected chi connectivity index (χ3v) is 5.54. The van der Waals surface area contributed by atoms with Crippen molar-refractivity contribution >= 4 is 42.4 Å². The summed E-state index contributed by atoms with van der Waals surface area (Å²) in [6, 6.07) is 10.4. The molecule has 0 saturated heterocycles. The fraction of sp³-hybridized carbons (Fsp3) is 0.176.